The van der Waals surface area contributed by atoms with Crippen LogP contribution in [0.15, 0.2) is 18.2 Å². The molecule has 66 valence electrons. The molecular formula is C9H12ClNO. The third kappa shape index (κ3) is 2.40. The molecule has 0 unspecified atom stereocenters. The molecule has 0 aliphatic rings. The third-order valence-electron chi connectivity index (χ3n) is 1.69. The summed E-state index contributed by atoms with van der Waals surface area (Å²) in [6, 6.07) is 5.08. The summed E-state index contributed by atoms with van der Waals surface area (Å²) in [4.78, 5) is 0. The van der Waals surface area contributed by atoms with Crippen LogP contribution < -0.4 is 5.32 Å². The first-order chi connectivity index (χ1) is 5.74. The van der Waals surface area contributed by atoms with E-state index in [4.69, 9.17) is 11.6 Å². The Morgan fingerprint density at radius 1 is 1.50 bits per heavy atom. The van der Waals surface area contributed by atoms with Crippen molar-refractivity contribution in [2.24, 2.45) is 0 Å². The summed E-state index contributed by atoms with van der Waals surface area (Å²) in [6.45, 7) is 0.841. The molecule has 0 bridgehead atoms. The van der Waals surface area contributed by atoms with Crippen LogP contribution >= 0.6 is 11.6 Å². The van der Waals surface area contributed by atoms with Crippen LogP contribution in [-0.2, 0) is 6.42 Å². The Kier molecular flexibility index (Phi) is 3.38. The van der Waals surface area contributed by atoms with Gasteiger partial charge in [0.2, 0.25) is 0 Å². The molecule has 0 fully saturated rings. The molecule has 0 aromatic heterocycles. The van der Waals surface area contributed by atoms with Gasteiger partial charge in [0.15, 0.2) is 0 Å². The van der Waals surface area contributed by atoms with Crippen molar-refractivity contribution in [3.8, 4) is 5.75 Å². The van der Waals surface area contributed by atoms with E-state index in [0.29, 0.717) is 10.8 Å². The lowest BCUT2D eigenvalue weighted by Gasteiger charge is -2.03. The summed E-state index contributed by atoms with van der Waals surface area (Å²) < 4.78 is 0. The molecule has 1 rings (SSSR count). The van der Waals surface area contributed by atoms with Crippen molar-refractivity contribution in [2.45, 2.75) is 6.42 Å². The second-order valence-corrected chi connectivity index (χ2v) is 3.06. The van der Waals surface area contributed by atoms with Crippen molar-refractivity contribution in [3.63, 3.8) is 0 Å². The minimum absolute atomic E-state index is 0.314. The van der Waals surface area contributed by atoms with Crippen LogP contribution in [0.25, 0.3) is 0 Å². The van der Waals surface area contributed by atoms with E-state index < -0.39 is 0 Å². The lowest BCUT2D eigenvalue weighted by atomic mass is 10.1. The van der Waals surface area contributed by atoms with E-state index in [1.165, 1.54) is 0 Å². The first-order valence-electron chi connectivity index (χ1n) is 3.86. The van der Waals surface area contributed by atoms with Crippen LogP contribution in [0.1, 0.15) is 5.56 Å². The molecule has 0 radical (unpaired) electrons. The maximum atomic E-state index is 9.38. The molecule has 1 aromatic rings. The smallest absolute Gasteiger partial charge is 0.118 e. The maximum absolute atomic E-state index is 9.38. The van der Waals surface area contributed by atoms with Crippen molar-refractivity contribution in [1.82, 2.24) is 5.32 Å². The normalized spacial score (nSPS) is 10.2. The number of hydrogen-bond acceptors (Lipinski definition) is 2. The van der Waals surface area contributed by atoms with Crippen LogP contribution in [0.3, 0.4) is 0 Å². The zero-order valence-electron chi connectivity index (χ0n) is 6.97. The molecule has 3 heteroatoms. The molecule has 2 nitrogen and oxygen atoms in total. The average molecular weight is 186 g/mol. The molecule has 0 spiro atoms. The highest BCUT2D eigenvalue weighted by Crippen LogP contribution is 2.21. The van der Waals surface area contributed by atoms with Gasteiger partial charge in [0.1, 0.15) is 5.75 Å². The van der Waals surface area contributed by atoms with Gasteiger partial charge in [-0.15, -0.1) is 0 Å². The maximum Gasteiger partial charge on any atom is 0.118 e. The zero-order valence-corrected chi connectivity index (χ0v) is 7.73. The van der Waals surface area contributed by atoms with Crippen molar-refractivity contribution in [2.75, 3.05) is 13.6 Å². The fraction of sp³-hybridized carbons (Fsp3) is 0.333. The minimum atomic E-state index is 0.314. The summed E-state index contributed by atoms with van der Waals surface area (Å²) in [5, 5.41) is 13.0. The van der Waals surface area contributed by atoms with Gasteiger partial charge < -0.3 is 10.4 Å². The molecule has 2 N–H and O–H groups in total. The lowest BCUT2D eigenvalue weighted by Crippen LogP contribution is -2.10. The Hall–Kier alpha value is -0.730. The second-order valence-electron chi connectivity index (χ2n) is 2.63. The van der Waals surface area contributed by atoms with Gasteiger partial charge >= 0.3 is 0 Å². The summed E-state index contributed by atoms with van der Waals surface area (Å²) in [5.41, 5.74) is 0.886. The van der Waals surface area contributed by atoms with Gasteiger partial charge in [-0.3, -0.25) is 0 Å². The summed E-state index contributed by atoms with van der Waals surface area (Å²) in [7, 11) is 1.88. The number of nitrogens with one attached hydrogen (secondary N) is 1. The molecule has 0 atom stereocenters. The van der Waals surface area contributed by atoms with Crippen molar-refractivity contribution in [1.29, 1.82) is 0 Å². The van der Waals surface area contributed by atoms with Crippen LogP contribution in [0.4, 0.5) is 0 Å². The van der Waals surface area contributed by atoms with E-state index in [0.717, 1.165) is 18.5 Å². The number of rotatable bonds is 3. The van der Waals surface area contributed by atoms with E-state index in [9.17, 15) is 5.11 Å². The molecule has 0 saturated carbocycles. The highest BCUT2D eigenvalue weighted by molar-refractivity contribution is 6.30. The number of phenolic OH excluding ortho intramolecular Hbond substituents is 1. The molecule has 0 saturated heterocycles. The van der Waals surface area contributed by atoms with E-state index in [1.54, 1.807) is 18.2 Å². The summed E-state index contributed by atoms with van der Waals surface area (Å²) in [6.07, 6.45) is 0.795. The Bertz CT molecular complexity index is 263. The largest absolute Gasteiger partial charge is 0.508 e. The highest BCUT2D eigenvalue weighted by atomic mass is 35.5. The molecular weight excluding hydrogens is 174 g/mol. The van der Waals surface area contributed by atoms with E-state index in [1.807, 2.05) is 7.05 Å². The topological polar surface area (TPSA) is 32.3 Å². The van der Waals surface area contributed by atoms with Crippen LogP contribution in [0, 0.1) is 0 Å². The molecule has 0 amide bonds. The number of halogens is 1. The van der Waals surface area contributed by atoms with Gasteiger partial charge in [-0.1, -0.05) is 11.6 Å². The molecule has 0 heterocycles. The predicted molar refractivity (Wildman–Crippen MR) is 50.7 cm³/mol. The Balaban J connectivity index is 2.75. The molecule has 12 heavy (non-hydrogen) atoms. The first-order valence-corrected chi connectivity index (χ1v) is 4.24. The van der Waals surface area contributed by atoms with Crippen LogP contribution in [0.5, 0.6) is 5.75 Å². The van der Waals surface area contributed by atoms with Crippen LogP contribution in [-0.4, -0.2) is 18.7 Å². The Labute approximate surface area is 77.2 Å². The lowest BCUT2D eigenvalue weighted by molar-refractivity contribution is 0.467. The van der Waals surface area contributed by atoms with Gasteiger partial charge in [0.05, 0.1) is 0 Å². The van der Waals surface area contributed by atoms with Crippen molar-refractivity contribution >= 4 is 11.6 Å². The van der Waals surface area contributed by atoms with Gasteiger partial charge in [0.25, 0.3) is 0 Å². The van der Waals surface area contributed by atoms with E-state index >= 15 is 0 Å². The standard InChI is InChI=1S/C9H12ClNO/c1-11-5-4-7-6-8(10)2-3-9(7)12/h2-3,6,11-12H,4-5H2,1H3. The second kappa shape index (κ2) is 4.33. The number of benzene rings is 1. The van der Waals surface area contributed by atoms with Gasteiger partial charge in [-0.25, -0.2) is 0 Å². The molecule has 1 aromatic carbocycles. The quantitative estimate of drug-likeness (QED) is 0.753. The van der Waals surface area contributed by atoms with Crippen molar-refractivity contribution in [3.05, 3.63) is 28.8 Å². The van der Waals surface area contributed by atoms with E-state index in [2.05, 4.69) is 5.32 Å². The average Bonchev–Trinajstić information content (AvgIpc) is 2.07. The van der Waals surface area contributed by atoms with E-state index in [-0.39, 0.29) is 0 Å². The van der Waals surface area contributed by atoms with Gasteiger partial charge in [-0.2, -0.15) is 0 Å². The number of aromatic hydroxyl groups is 1. The third-order valence-corrected chi connectivity index (χ3v) is 1.92. The number of phenols is 1. The SMILES string of the molecule is CNCCc1cc(Cl)ccc1O. The fourth-order valence-electron chi connectivity index (χ4n) is 1.01. The van der Waals surface area contributed by atoms with Crippen molar-refractivity contribution < 1.29 is 5.11 Å². The summed E-state index contributed by atoms with van der Waals surface area (Å²) >= 11 is 5.76. The predicted octanol–water partition coefficient (Wildman–Crippen LogP) is 1.81. The Morgan fingerprint density at radius 2 is 2.25 bits per heavy atom. The zero-order chi connectivity index (χ0) is 8.97. The Morgan fingerprint density at radius 3 is 2.92 bits per heavy atom. The van der Waals surface area contributed by atoms with Crippen LogP contribution in [0.2, 0.25) is 5.02 Å². The monoisotopic (exact) mass is 185 g/mol. The minimum Gasteiger partial charge on any atom is -0.508 e. The molecule has 0 aliphatic carbocycles. The highest BCUT2D eigenvalue weighted by Gasteiger charge is 2.00. The molecule has 0 aliphatic heterocycles. The van der Waals surface area contributed by atoms with Gasteiger partial charge in [-0.05, 0) is 43.8 Å². The summed E-state index contributed by atoms with van der Waals surface area (Å²) in [5.74, 6) is 0.314. The first kappa shape index (κ1) is 9.36. The number of likely N-dealkylation sites (N-methyl/N-ethyl adjacent to an activating group) is 1. The fourth-order valence-corrected chi connectivity index (χ4v) is 1.21. The number of hydrogen-bond donors (Lipinski definition) is 2. The van der Waals surface area contributed by atoms with Gasteiger partial charge in [0, 0.05) is 5.02 Å².